The lowest BCUT2D eigenvalue weighted by Gasteiger charge is -2.30. The molecule has 0 saturated carbocycles. The fraction of sp³-hybridized carbons (Fsp3) is 0.407. The molecule has 4 heterocycles. The van der Waals surface area contributed by atoms with Crippen molar-refractivity contribution in [1.82, 2.24) is 29.8 Å². The number of nitrogens with one attached hydrogen (secondary N) is 1. The number of alkyl carbamates (subject to hydrolysis) is 1. The van der Waals surface area contributed by atoms with E-state index < -0.39 is 30.0 Å². The van der Waals surface area contributed by atoms with Crippen molar-refractivity contribution in [1.29, 1.82) is 0 Å². The summed E-state index contributed by atoms with van der Waals surface area (Å²) in [7, 11) is 1.55. The molecule has 0 bridgehead atoms. The lowest BCUT2D eigenvalue weighted by Crippen LogP contribution is -2.42. The lowest BCUT2D eigenvalue weighted by molar-refractivity contribution is -0.184. The van der Waals surface area contributed by atoms with Gasteiger partial charge >= 0.3 is 12.3 Å². The van der Waals surface area contributed by atoms with Gasteiger partial charge in [0, 0.05) is 30.7 Å². The summed E-state index contributed by atoms with van der Waals surface area (Å²) in [6.45, 7) is 5.37. The maximum absolute atomic E-state index is 14.5. The number of benzene rings is 1. The summed E-state index contributed by atoms with van der Waals surface area (Å²) < 4.78 is 55.6. The number of nitrogens with zero attached hydrogens (tertiary/aromatic N) is 5. The van der Waals surface area contributed by atoms with E-state index in [0.29, 0.717) is 34.9 Å². The van der Waals surface area contributed by atoms with Crippen LogP contribution in [-0.2, 0) is 4.74 Å². The molecule has 0 radical (unpaired) electrons. The van der Waals surface area contributed by atoms with Crippen LogP contribution in [0.1, 0.15) is 38.8 Å². The third-order valence-electron chi connectivity index (χ3n) is 6.49. The van der Waals surface area contributed by atoms with Crippen molar-refractivity contribution in [2.45, 2.75) is 51.1 Å². The van der Waals surface area contributed by atoms with E-state index in [4.69, 9.17) is 9.47 Å². The summed E-state index contributed by atoms with van der Waals surface area (Å²) in [6, 6.07) is 9.71. The molecule has 0 aliphatic carbocycles. The first-order chi connectivity index (χ1) is 18.4. The highest BCUT2D eigenvalue weighted by Gasteiger charge is 2.47. The molecule has 206 valence electrons. The van der Waals surface area contributed by atoms with Gasteiger partial charge in [-0.15, -0.1) is 10.2 Å². The zero-order valence-corrected chi connectivity index (χ0v) is 22.0. The van der Waals surface area contributed by atoms with Crippen molar-refractivity contribution in [2.24, 2.45) is 0 Å². The van der Waals surface area contributed by atoms with Crippen molar-refractivity contribution in [2.75, 3.05) is 20.2 Å². The number of hydrogen-bond acceptors (Lipinski definition) is 7. The Bertz CT molecular complexity index is 1510. The van der Waals surface area contributed by atoms with Crippen LogP contribution in [0.5, 0.6) is 5.75 Å². The molecule has 0 spiro atoms. The molecule has 1 saturated heterocycles. The fourth-order valence-corrected chi connectivity index (χ4v) is 4.87. The Kier molecular flexibility index (Phi) is 6.83. The number of fused-ring (bicyclic) bond motifs is 2. The van der Waals surface area contributed by atoms with Gasteiger partial charge in [0.2, 0.25) is 0 Å². The van der Waals surface area contributed by atoms with Crippen molar-refractivity contribution < 1.29 is 27.4 Å². The van der Waals surface area contributed by atoms with E-state index in [2.05, 4.69) is 20.5 Å². The van der Waals surface area contributed by atoms with Crippen LogP contribution in [0.15, 0.2) is 48.7 Å². The van der Waals surface area contributed by atoms with Crippen LogP contribution in [0.4, 0.5) is 18.0 Å². The molecule has 1 fully saturated rings. The minimum Gasteiger partial charge on any atom is -0.494 e. The third-order valence-corrected chi connectivity index (χ3v) is 6.49. The van der Waals surface area contributed by atoms with E-state index in [-0.39, 0.29) is 18.7 Å². The maximum atomic E-state index is 14.5. The second-order valence-corrected chi connectivity index (χ2v) is 10.5. The molecule has 5 rings (SSSR count). The molecule has 1 amide bonds. The number of methoxy groups -OCH3 is 1. The van der Waals surface area contributed by atoms with E-state index in [1.54, 1.807) is 40.0 Å². The highest BCUT2D eigenvalue weighted by molar-refractivity contribution is 5.86. The molecular weight excluding hydrogens is 513 g/mol. The smallest absolute Gasteiger partial charge is 0.408 e. The van der Waals surface area contributed by atoms with Gasteiger partial charge in [-0.25, -0.2) is 9.78 Å². The number of rotatable bonds is 5. The van der Waals surface area contributed by atoms with E-state index in [1.807, 2.05) is 18.2 Å². The number of carbonyl (C=O) groups is 1. The zero-order chi connectivity index (χ0) is 27.9. The van der Waals surface area contributed by atoms with Gasteiger partial charge in [-0.05, 0) is 51.0 Å². The molecule has 1 N–H and O–H groups in total. The van der Waals surface area contributed by atoms with Crippen LogP contribution in [0.2, 0.25) is 0 Å². The Balaban J connectivity index is 1.46. The molecule has 39 heavy (non-hydrogen) atoms. The number of ether oxygens (including phenoxy) is 2. The van der Waals surface area contributed by atoms with Crippen molar-refractivity contribution in [3.05, 3.63) is 54.2 Å². The van der Waals surface area contributed by atoms with Gasteiger partial charge in [-0.2, -0.15) is 13.2 Å². The van der Waals surface area contributed by atoms with Crippen LogP contribution in [0.3, 0.4) is 0 Å². The maximum Gasteiger partial charge on any atom is 0.408 e. The number of halogens is 3. The first-order valence-electron chi connectivity index (χ1n) is 12.5. The van der Waals surface area contributed by atoms with E-state index in [1.165, 1.54) is 27.6 Å². The summed E-state index contributed by atoms with van der Waals surface area (Å²) >= 11 is 0. The average Bonchev–Trinajstić information content (AvgIpc) is 3.48. The van der Waals surface area contributed by atoms with Gasteiger partial charge < -0.3 is 14.8 Å². The minimum absolute atomic E-state index is 0.0303. The number of alkyl halides is 3. The van der Waals surface area contributed by atoms with Gasteiger partial charge in [0.1, 0.15) is 28.6 Å². The SMILES string of the molecule is COc1cccc2ccc(-c3nnc4ccc([C@H](N5CC[C@H](NC(=O)OC(C)(C)C)C5)C(F)(F)F)cn34)nc12. The van der Waals surface area contributed by atoms with Crippen LogP contribution in [0.25, 0.3) is 28.1 Å². The molecule has 3 aromatic heterocycles. The summed E-state index contributed by atoms with van der Waals surface area (Å²) in [4.78, 5) is 18.2. The number of carbonyl (C=O) groups excluding carboxylic acids is 1. The van der Waals surface area contributed by atoms with Crippen LogP contribution < -0.4 is 10.1 Å². The first-order valence-corrected chi connectivity index (χ1v) is 12.5. The topological polar surface area (TPSA) is 93.9 Å². The minimum atomic E-state index is -4.56. The number of para-hydroxylation sites is 1. The van der Waals surface area contributed by atoms with E-state index in [9.17, 15) is 18.0 Å². The second-order valence-electron chi connectivity index (χ2n) is 10.5. The Morgan fingerprint density at radius 3 is 2.62 bits per heavy atom. The quantitative estimate of drug-likeness (QED) is 0.373. The molecule has 2 atom stereocenters. The van der Waals surface area contributed by atoms with Gasteiger partial charge in [-0.1, -0.05) is 24.3 Å². The predicted molar refractivity (Wildman–Crippen MR) is 138 cm³/mol. The standard InChI is InChI=1S/C27H29F3N6O3/c1-26(2,3)39-25(37)31-18-12-13-35(15-18)23(27(28,29)30)17-9-11-21-33-34-24(36(21)14-17)19-10-8-16-6-5-7-20(38-4)22(16)32-19/h5-11,14,18,23H,12-13,15H2,1-4H3,(H,31,37)/t18-,23-/m0/s1. The van der Waals surface area contributed by atoms with Crippen LogP contribution >= 0.6 is 0 Å². The number of pyridine rings is 2. The molecule has 12 heteroatoms. The number of amides is 1. The summed E-state index contributed by atoms with van der Waals surface area (Å²) in [6.07, 6.45) is -3.43. The van der Waals surface area contributed by atoms with E-state index >= 15 is 0 Å². The third kappa shape index (κ3) is 5.60. The van der Waals surface area contributed by atoms with Crippen molar-refractivity contribution in [3.63, 3.8) is 0 Å². The molecule has 1 aliphatic heterocycles. The van der Waals surface area contributed by atoms with Gasteiger partial charge in [-0.3, -0.25) is 9.30 Å². The summed E-state index contributed by atoms with van der Waals surface area (Å²) in [5.41, 5.74) is 0.783. The second kappa shape index (κ2) is 9.99. The van der Waals surface area contributed by atoms with Crippen LogP contribution in [-0.4, -0.2) is 68.6 Å². The van der Waals surface area contributed by atoms with Crippen molar-refractivity contribution >= 4 is 22.6 Å². The largest absolute Gasteiger partial charge is 0.494 e. The van der Waals surface area contributed by atoms with E-state index in [0.717, 1.165) is 5.39 Å². The Labute approximate surface area is 222 Å². The van der Waals surface area contributed by atoms with Gasteiger partial charge in [0.25, 0.3) is 0 Å². The Morgan fingerprint density at radius 1 is 1.10 bits per heavy atom. The summed E-state index contributed by atoms with van der Waals surface area (Å²) in [5, 5.41) is 11.9. The Hall–Kier alpha value is -3.93. The zero-order valence-electron chi connectivity index (χ0n) is 22.0. The summed E-state index contributed by atoms with van der Waals surface area (Å²) in [5.74, 6) is 0.885. The predicted octanol–water partition coefficient (Wildman–Crippen LogP) is 5.16. The normalized spacial score (nSPS) is 17.5. The monoisotopic (exact) mass is 542 g/mol. The molecule has 1 aromatic carbocycles. The van der Waals surface area contributed by atoms with Crippen molar-refractivity contribution in [3.8, 4) is 17.3 Å². The molecule has 1 aliphatic rings. The first kappa shape index (κ1) is 26.7. The number of hydrogen-bond donors (Lipinski definition) is 1. The highest BCUT2D eigenvalue weighted by Crippen LogP contribution is 2.40. The average molecular weight is 543 g/mol. The van der Waals surface area contributed by atoms with Gasteiger partial charge in [0.05, 0.1) is 7.11 Å². The fourth-order valence-electron chi connectivity index (χ4n) is 4.87. The number of aromatic nitrogens is 4. The highest BCUT2D eigenvalue weighted by atomic mass is 19.4. The van der Waals surface area contributed by atoms with Crippen LogP contribution in [0, 0.1) is 0 Å². The number of likely N-dealkylation sites (tertiary alicyclic amines) is 1. The molecule has 0 unspecified atom stereocenters. The molecule has 9 nitrogen and oxygen atoms in total. The lowest BCUT2D eigenvalue weighted by atomic mass is 10.1. The Morgan fingerprint density at radius 2 is 1.90 bits per heavy atom. The van der Waals surface area contributed by atoms with Gasteiger partial charge in [0.15, 0.2) is 11.5 Å². The molecule has 4 aromatic rings. The molecular formula is C27H29F3N6O3.